The molecule has 0 unspecified atom stereocenters. The lowest BCUT2D eigenvalue weighted by atomic mass is 10.1. The number of nitrogens with zero attached hydrogens (tertiary/aromatic N) is 2. The molecule has 0 aliphatic heterocycles. The van der Waals surface area contributed by atoms with Crippen LogP contribution in [0, 0.1) is 0 Å². The van der Waals surface area contributed by atoms with Crippen LogP contribution in [0.5, 0.6) is 0 Å². The zero-order valence-corrected chi connectivity index (χ0v) is 21.2. The Bertz CT molecular complexity index is 685. The lowest BCUT2D eigenvalue weighted by molar-refractivity contribution is -0.127. The summed E-state index contributed by atoms with van der Waals surface area (Å²) in [5, 5.41) is 9.17. The van der Waals surface area contributed by atoms with Gasteiger partial charge in [-0.3, -0.25) is 10.1 Å². The number of halogens is 1. The van der Waals surface area contributed by atoms with Gasteiger partial charge >= 0.3 is 6.09 Å². The summed E-state index contributed by atoms with van der Waals surface area (Å²) >= 11 is 0. The highest BCUT2D eigenvalue weighted by Crippen LogP contribution is 2.13. The van der Waals surface area contributed by atoms with Gasteiger partial charge in [-0.05, 0) is 51.3 Å². The number of benzene rings is 1. The molecule has 170 valence electrons. The maximum absolute atomic E-state index is 11.8. The summed E-state index contributed by atoms with van der Waals surface area (Å²) in [6, 6.07) is 7.61. The fraction of sp³-hybridized carbons (Fsp3) is 0.571. The number of carbonyl (C=O) groups is 2. The van der Waals surface area contributed by atoms with Gasteiger partial charge < -0.3 is 20.3 Å². The molecule has 0 aliphatic carbocycles. The summed E-state index contributed by atoms with van der Waals surface area (Å²) in [6.07, 6.45) is 1.28. The Kier molecular flexibility index (Phi) is 13.1. The van der Waals surface area contributed by atoms with Crippen LogP contribution in [-0.4, -0.2) is 62.2 Å². The molecule has 0 saturated carbocycles. The van der Waals surface area contributed by atoms with Crippen molar-refractivity contribution in [3.05, 3.63) is 29.8 Å². The standard InChI is InChI=1S/C21H35N5O3.HI/c1-7-13-22-19(24-15-18(27)26(5)6)23-14-12-16-8-10-17(11-9-16)25-20(28)29-21(2,3)4;/h8-11H,7,12-15H2,1-6H3,(H,25,28)(H2,22,23,24);1H. The lowest BCUT2D eigenvalue weighted by Crippen LogP contribution is -2.39. The smallest absolute Gasteiger partial charge is 0.412 e. The number of guanidine groups is 1. The van der Waals surface area contributed by atoms with Gasteiger partial charge in [0.2, 0.25) is 5.91 Å². The van der Waals surface area contributed by atoms with Gasteiger partial charge in [-0.2, -0.15) is 0 Å². The average Bonchev–Trinajstić information content (AvgIpc) is 2.62. The minimum absolute atomic E-state index is 0. The molecule has 0 aromatic heterocycles. The third kappa shape index (κ3) is 12.5. The topological polar surface area (TPSA) is 95.1 Å². The van der Waals surface area contributed by atoms with Crippen molar-refractivity contribution in [3.63, 3.8) is 0 Å². The van der Waals surface area contributed by atoms with Crippen LogP contribution in [0.1, 0.15) is 39.7 Å². The van der Waals surface area contributed by atoms with E-state index in [1.54, 1.807) is 14.1 Å². The van der Waals surface area contributed by atoms with Gasteiger partial charge in [0, 0.05) is 32.9 Å². The summed E-state index contributed by atoms with van der Waals surface area (Å²) in [4.78, 5) is 29.4. The van der Waals surface area contributed by atoms with Crippen molar-refractivity contribution in [2.75, 3.05) is 39.0 Å². The van der Waals surface area contributed by atoms with Gasteiger partial charge in [0.25, 0.3) is 0 Å². The van der Waals surface area contributed by atoms with E-state index in [1.807, 2.05) is 45.0 Å². The zero-order chi connectivity index (χ0) is 21.9. The molecular formula is C21H36IN5O3. The number of hydrogen-bond acceptors (Lipinski definition) is 4. The van der Waals surface area contributed by atoms with Gasteiger partial charge in [-0.25, -0.2) is 9.79 Å². The predicted octanol–water partition coefficient (Wildman–Crippen LogP) is 3.23. The highest BCUT2D eigenvalue weighted by molar-refractivity contribution is 14.0. The molecule has 0 saturated heterocycles. The Morgan fingerprint density at radius 2 is 1.67 bits per heavy atom. The van der Waals surface area contributed by atoms with Crippen LogP contribution < -0.4 is 16.0 Å². The molecular weight excluding hydrogens is 497 g/mol. The maximum Gasteiger partial charge on any atom is 0.412 e. The summed E-state index contributed by atoms with van der Waals surface area (Å²) < 4.78 is 5.24. The number of carbonyl (C=O) groups excluding carboxylic acids is 2. The Morgan fingerprint density at radius 1 is 1.07 bits per heavy atom. The average molecular weight is 533 g/mol. The van der Waals surface area contributed by atoms with E-state index in [0.29, 0.717) is 18.2 Å². The highest BCUT2D eigenvalue weighted by atomic mass is 127. The third-order valence-electron chi connectivity index (χ3n) is 3.72. The first kappa shape index (κ1) is 28.0. The van der Waals surface area contributed by atoms with Crippen LogP contribution in [-0.2, 0) is 16.0 Å². The van der Waals surface area contributed by atoms with Crippen molar-refractivity contribution < 1.29 is 14.3 Å². The molecule has 0 fully saturated rings. The molecule has 0 bridgehead atoms. The van der Waals surface area contributed by atoms with E-state index in [2.05, 4.69) is 27.9 Å². The highest BCUT2D eigenvalue weighted by Gasteiger charge is 2.16. The Hall–Kier alpha value is -2.04. The Balaban J connectivity index is 0.00000841. The molecule has 0 radical (unpaired) electrons. The molecule has 2 amide bonds. The Morgan fingerprint density at radius 3 is 2.20 bits per heavy atom. The quantitative estimate of drug-likeness (QED) is 0.271. The van der Waals surface area contributed by atoms with E-state index in [0.717, 1.165) is 24.9 Å². The molecule has 1 aromatic rings. The monoisotopic (exact) mass is 533 g/mol. The van der Waals surface area contributed by atoms with E-state index in [9.17, 15) is 9.59 Å². The van der Waals surface area contributed by atoms with Gasteiger partial charge in [0.1, 0.15) is 12.1 Å². The van der Waals surface area contributed by atoms with Crippen LogP contribution in [0.25, 0.3) is 0 Å². The number of rotatable bonds is 8. The van der Waals surface area contributed by atoms with Crippen molar-refractivity contribution in [2.45, 2.75) is 46.1 Å². The molecule has 0 atom stereocenters. The third-order valence-corrected chi connectivity index (χ3v) is 3.72. The number of amides is 2. The van der Waals surface area contributed by atoms with Crippen LogP contribution in [0.15, 0.2) is 29.3 Å². The van der Waals surface area contributed by atoms with E-state index < -0.39 is 11.7 Å². The van der Waals surface area contributed by atoms with Crippen LogP contribution >= 0.6 is 24.0 Å². The van der Waals surface area contributed by atoms with E-state index in [-0.39, 0.29) is 36.4 Å². The van der Waals surface area contributed by atoms with Crippen molar-refractivity contribution in [3.8, 4) is 0 Å². The summed E-state index contributed by atoms with van der Waals surface area (Å²) in [7, 11) is 3.43. The number of anilines is 1. The fourth-order valence-corrected chi connectivity index (χ4v) is 2.21. The van der Waals surface area contributed by atoms with Crippen LogP contribution in [0.4, 0.5) is 10.5 Å². The number of ether oxygens (including phenoxy) is 1. The molecule has 0 heterocycles. The maximum atomic E-state index is 11.8. The molecule has 0 spiro atoms. The molecule has 0 aliphatic rings. The van der Waals surface area contributed by atoms with Crippen LogP contribution in [0.2, 0.25) is 0 Å². The number of aliphatic imine (C=N–C) groups is 1. The van der Waals surface area contributed by atoms with Crippen molar-refractivity contribution in [1.29, 1.82) is 0 Å². The van der Waals surface area contributed by atoms with Crippen LogP contribution in [0.3, 0.4) is 0 Å². The van der Waals surface area contributed by atoms with Gasteiger partial charge in [0.15, 0.2) is 5.96 Å². The van der Waals surface area contributed by atoms with E-state index in [4.69, 9.17) is 4.74 Å². The molecule has 8 nitrogen and oxygen atoms in total. The molecule has 30 heavy (non-hydrogen) atoms. The van der Waals surface area contributed by atoms with Gasteiger partial charge in [0.05, 0.1) is 0 Å². The summed E-state index contributed by atoms with van der Waals surface area (Å²) in [5.41, 5.74) is 1.27. The number of likely N-dealkylation sites (N-methyl/N-ethyl adjacent to an activating group) is 1. The normalized spacial score (nSPS) is 11.2. The first-order chi connectivity index (χ1) is 13.6. The molecule has 1 rings (SSSR count). The first-order valence-electron chi connectivity index (χ1n) is 9.92. The largest absolute Gasteiger partial charge is 0.444 e. The summed E-state index contributed by atoms with van der Waals surface area (Å²) in [6.45, 7) is 9.11. The van der Waals surface area contributed by atoms with Gasteiger partial charge in [-0.15, -0.1) is 24.0 Å². The number of hydrogen-bond donors (Lipinski definition) is 3. The second kappa shape index (κ2) is 14.1. The fourth-order valence-electron chi connectivity index (χ4n) is 2.21. The summed E-state index contributed by atoms with van der Waals surface area (Å²) in [5.74, 6) is 0.584. The minimum Gasteiger partial charge on any atom is -0.444 e. The van der Waals surface area contributed by atoms with Crippen molar-refractivity contribution >= 4 is 47.6 Å². The lowest BCUT2D eigenvalue weighted by Gasteiger charge is -2.19. The van der Waals surface area contributed by atoms with E-state index in [1.165, 1.54) is 4.90 Å². The zero-order valence-electron chi connectivity index (χ0n) is 18.9. The second-order valence-electron chi connectivity index (χ2n) is 7.88. The Labute approximate surface area is 197 Å². The second-order valence-corrected chi connectivity index (χ2v) is 7.88. The molecule has 1 aromatic carbocycles. The van der Waals surface area contributed by atoms with Crippen molar-refractivity contribution in [2.24, 2.45) is 4.99 Å². The minimum atomic E-state index is -0.530. The molecule has 3 N–H and O–H groups in total. The van der Waals surface area contributed by atoms with Crippen molar-refractivity contribution in [1.82, 2.24) is 15.5 Å². The predicted molar refractivity (Wildman–Crippen MR) is 133 cm³/mol. The SMILES string of the molecule is CCCNC(=NCC(=O)N(C)C)NCCc1ccc(NC(=O)OC(C)(C)C)cc1.I. The molecule has 9 heteroatoms. The first-order valence-corrected chi connectivity index (χ1v) is 9.92. The number of nitrogens with one attached hydrogen (secondary N) is 3. The van der Waals surface area contributed by atoms with Gasteiger partial charge in [-0.1, -0.05) is 19.1 Å². The van der Waals surface area contributed by atoms with E-state index >= 15 is 0 Å².